The lowest BCUT2D eigenvalue weighted by molar-refractivity contribution is -0.105. The highest BCUT2D eigenvalue weighted by Crippen LogP contribution is 2.74. The molecule has 23 heavy (non-hydrogen) atoms. The molecule has 118 valence electrons. The molecule has 2 aromatic rings. The second-order valence-corrected chi connectivity index (χ2v) is 7.81. The molecule has 0 unspecified atom stereocenters. The van der Waals surface area contributed by atoms with Crippen LogP contribution in [0.15, 0.2) is 48.5 Å². The third-order valence-electron chi connectivity index (χ3n) is 5.72. The molecule has 0 amide bonds. The number of Topliss-reactive ketones (excluding diaryl/α,β-unsaturated/α-hetero) is 1. The lowest BCUT2D eigenvalue weighted by atomic mass is 9.32. The molecule has 3 saturated carbocycles. The number of carbonyl (C=O) groups is 1. The first-order valence-electron chi connectivity index (χ1n) is 8.47. The molecule has 3 aliphatic carbocycles. The Morgan fingerprint density at radius 3 is 2.17 bits per heavy atom. The van der Waals surface area contributed by atoms with E-state index in [0.717, 1.165) is 31.2 Å². The summed E-state index contributed by atoms with van der Waals surface area (Å²) in [5.41, 5.74) is 3.81. The van der Waals surface area contributed by atoms with Crippen LogP contribution < -0.4 is 0 Å². The maximum absolute atomic E-state index is 12.8. The maximum Gasteiger partial charge on any atom is 0.169 e. The van der Waals surface area contributed by atoms with Crippen LogP contribution in [0.1, 0.15) is 54.1 Å². The van der Waals surface area contributed by atoms with Crippen LogP contribution in [0.4, 0.5) is 0 Å². The molecule has 0 heterocycles. The van der Waals surface area contributed by atoms with Crippen molar-refractivity contribution in [3.8, 4) is 0 Å². The average Bonchev–Trinajstić information content (AvgIpc) is 2.47. The first-order chi connectivity index (χ1) is 11.1. The molecule has 0 spiro atoms. The van der Waals surface area contributed by atoms with E-state index >= 15 is 0 Å². The van der Waals surface area contributed by atoms with Crippen LogP contribution in [0, 0.1) is 5.41 Å². The van der Waals surface area contributed by atoms with Gasteiger partial charge in [0.1, 0.15) is 0 Å². The van der Waals surface area contributed by atoms with E-state index in [1.807, 2.05) is 24.3 Å². The number of rotatable bonds is 5. The van der Waals surface area contributed by atoms with Gasteiger partial charge < -0.3 is 0 Å². The van der Waals surface area contributed by atoms with E-state index in [4.69, 9.17) is 11.6 Å². The molecule has 2 bridgehead atoms. The number of benzene rings is 2. The molecular weight excluding hydrogens is 304 g/mol. The molecule has 0 radical (unpaired) electrons. The monoisotopic (exact) mass is 324 g/mol. The van der Waals surface area contributed by atoms with Gasteiger partial charge in [-0.25, -0.2) is 0 Å². The first-order valence-corrected chi connectivity index (χ1v) is 8.85. The molecule has 2 heteroatoms. The smallest absolute Gasteiger partial charge is 0.169 e. The predicted molar refractivity (Wildman–Crippen MR) is 94.2 cm³/mol. The van der Waals surface area contributed by atoms with E-state index in [1.54, 1.807) is 0 Å². The van der Waals surface area contributed by atoms with Crippen LogP contribution in [0.3, 0.4) is 0 Å². The Morgan fingerprint density at radius 2 is 1.61 bits per heavy atom. The van der Waals surface area contributed by atoms with Gasteiger partial charge in [0, 0.05) is 16.0 Å². The number of carbonyl (C=O) groups excluding carboxylic acids is 1. The summed E-state index contributed by atoms with van der Waals surface area (Å²) in [7, 11) is 0. The van der Waals surface area contributed by atoms with E-state index in [0.29, 0.717) is 10.8 Å². The van der Waals surface area contributed by atoms with Crippen molar-refractivity contribution < 1.29 is 4.79 Å². The quantitative estimate of drug-likeness (QED) is 0.654. The molecule has 1 nitrogen and oxygen atoms in total. The van der Waals surface area contributed by atoms with Crippen molar-refractivity contribution in [3.05, 3.63) is 70.2 Å². The lowest BCUT2D eigenvalue weighted by Crippen LogP contribution is -2.67. The van der Waals surface area contributed by atoms with Gasteiger partial charge in [0.2, 0.25) is 0 Å². The van der Waals surface area contributed by atoms with Crippen LogP contribution in [0.25, 0.3) is 0 Å². The summed E-state index contributed by atoms with van der Waals surface area (Å²) in [6, 6.07) is 16.4. The van der Waals surface area contributed by atoms with Gasteiger partial charge in [-0.2, -0.15) is 0 Å². The van der Waals surface area contributed by atoms with Crippen LogP contribution in [-0.2, 0) is 11.8 Å². The van der Waals surface area contributed by atoms with Crippen LogP contribution in [0.2, 0.25) is 5.02 Å². The fourth-order valence-electron chi connectivity index (χ4n) is 4.56. The van der Waals surface area contributed by atoms with Gasteiger partial charge in [0.05, 0.1) is 0 Å². The SMILES string of the molecule is CCCc1ccc(C23CC(C(=O)c4ccc(Cl)cc4)(C2)C3)cc1. The standard InChI is InChI=1S/C21H21ClO/c1-2-3-15-4-8-17(9-5-15)20-12-21(13-20,14-20)19(23)16-6-10-18(22)11-7-16/h4-11H,2-3,12-14H2,1H3. The molecule has 3 fully saturated rings. The molecule has 3 aliphatic rings. The highest BCUT2D eigenvalue weighted by atomic mass is 35.5. The van der Waals surface area contributed by atoms with Crippen molar-refractivity contribution in [3.63, 3.8) is 0 Å². The van der Waals surface area contributed by atoms with Crippen molar-refractivity contribution in [2.75, 3.05) is 0 Å². The summed E-state index contributed by atoms with van der Waals surface area (Å²) in [5.74, 6) is 0.304. The van der Waals surface area contributed by atoms with Gasteiger partial charge in [0.25, 0.3) is 0 Å². The molecule has 0 atom stereocenters. The summed E-state index contributed by atoms with van der Waals surface area (Å²) in [5, 5.41) is 0.683. The zero-order valence-electron chi connectivity index (χ0n) is 13.4. The summed E-state index contributed by atoms with van der Waals surface area (Å²) in [6.07, 6.45) is 5.35. The summed E-state index contributed by atoms with van der Waals surface area (Å²) in [4.78, 5) is 12.8. The average molecular weight is 325 g/mol. The normalized spacial score (nSPS) is 27.9. The minimum Gasteiger partial charge on any atom is -0.294 e. The highest BCUT2D eigenvalue weighted by Gasteiger charge is 2.71. The van der Waals surface area contributed by atoms with Crippen molar-refractivity contribution >= 4 is 17.4 Å². The van der Waals surface area contributed by atoms with Crippen LogP contribution in [-0.4, -0.2) is 5.78 Å². The summed E-state index contributed by atoms with van der Waals surface area (Å²) < 4.78 is 0. The zero-order valence-corrected chi connectivity index (χ0v) is 14.2. The highest BCUT2D eigenvalue weighted by molar-refractivity contribution is 6.30. The number of halogens is 1. The maximum atomic E-state index is 12.8. The van der Waals surface area contributed by atoms with Crippen LogP contribution in [0.5, 0.6) is 0 Å². The minimum absolute atomic E-state index is 0.101. The summed E-state index contributed by atoms with van der Waals surface area (Å²) >= 11 is 5.91. The number of aryl methyl sites for hydroxylation is 1. The van der Waals surface area contributed by atoms with Gasteiger partial charge >= 0.3 is 0 Å². The van der Waals surface area contributed by atoms with Gasteiger partial charge in [0.15, 0.2) is 5.78 Å². The first kappa shape index (κ1) is 15.0. The second kappa shape index (κ2) is 5.21. The largest absolute Gasteiger partial charge is 0.294 e. The molecule has 0 aromatic heterocycles. The number of hydrogen-bond donors (Lipinski definition) is 0. The van der Waals surface area contributed by atoms with E-state index in [-0.39, 0.29) is 10.8 Å². The van der Waals surface area contributed by atoms with E-state index < -0.39 is 0 Å². The van der Waals surface area contributed by atoms with E-state index in [2.05, 4.69) is 31.2 Å². The zero-order chi connectivity index (χ0) is 16.1. The minimum atomic E-state index is -0.101. The summed E-state index contributed by atoms with van der Waals surface area (Å²) in [6.45, 7) is 2.21. The van der Waals surface area contributed by atoms with E-state index in [9.17, 15) is 4.79 Å². The Hall–Kier alpha value is -1.60. The molecule has 2 aromatic carbocycles. The number of hydrogen-bond acceptors (Lipinski definition) is 1. The Bertz CT molecular complexity index is 723. The second-order valence-electron chi connectivity index (χ2n) is 7.37. The van der Waals surface area contributed by atoms with Gasteiger partial charge in [-0.15, -0.1) is 0 Å². The Kier molecular flexibility index (Phi) is 3.39. The Balaban J connectivity index is 1.47. The number of ketones is 1. The molecule has 0 aliphatic heterocycles. The van der Waals surface area contributed by atoms with Gasteiger partial charge in [-0.05, 0) is 66.5 Å². The third-order valence-corrected chi connectivity index (χ3v) is 5.98. The van der Waals surface area contributed by atoms with Crippen molar-refractivity contribution in [1.82, 2.24) is 0 Å². The van der Waals surface area contributed by atoms with Gasteiger partial charge in [-0.3, -0.25) is 4.79 Å². The lowest BCUT2D eigenvalue weighted by Gasteiger charge is -2.70. The van der Waals surface area contributed by atoms with Crippen LogP contribution >= 0.6 is 11.6 Å². The molecule has 0 saturated heterocycles. The van der Waals surface area contributed by atoms with Crippen molar-refractivity contribution in [2.24, 2.45) is 5.41 Å². The fraction of sp³-hybridized carbons (Fsp3) is 0.381. The third kappa shape index (κ3) is 2.25. The molecule has 5 rings (SSSR count). The van der Waals surface area contributed by atoms with Crippen molar-refractivity contribution in [2.45, 2.75) is 44.4 Å². The Labute approximate surface area is 142 Å². The topological polar surface area (TPSA) is 17.1 Å². The molecular formula is C21H21ClO. The predicted octanol–water partition coefficient (Wildman–Crippen LogP) is 5.60. The van der Waals surface area contributed by atoms with Gasteiger partial charge in [-0.1, -0.05) is 49.2 Å². The Morgan fingerprint density at radius 1 is 1.00 bits per heavy atom. The fourth-order valence-corrected chi connectivity index (χ4v) is 4.68. The molecule has 0 N–H and O–H groups in total. The van der Waals surface area contributed by atoms with E-state index in [1.165, 1.54) is 17.5 Å². The van der Waals surface area contributed by atoms with Crippen molar-refractivity contribution in [1.29, 1.82) is 0 Å².